The third-order valence-electron chi connectivity index (χ3n) is 9.28. The van der Waals surface area contributed by atoms with Crippen LogP contribution in [-0.2, 0) is 14.1 Å². The second-order valence-electron chi connectivity index (χ2n) is 12.2. The van der Waals surface area contributed by atoms with Gasteiger partial charge < -0.3 is 14.1 Å². The zero-order valence-corrected chi connectivity index (χ0v) is 22.5. The van der Waals surface area contributed by atoms with Crippen molar-refractivity contribution in [2.45, 2.75) is 91.5 Å². The number of allylic oxidation sites excluding steroid dienone is 2. The topological polar surface area (TPSA) is 52.4 Å². The van der Waals surface area contributed by atoms with Crippen molar-refractivity contribution < 1.29 is 14.1 Å². The molecule has 4 rings (SSSR count). The normalized spacial score (nSPS) is 42.7. The first-order valence-corrected chi connectivity index (χ1v) is 16.0. The van der Waals surface area contributed by atoms with Gasteiger partial charge in [-0.25, -0.2) is 0 Å². The summed E-state index contributed by atoms with van der Waals surface area (Å²) in [7, 11) is 1.78. The summed E-state index contributed by atoms with van der Waals surface area (Å²) in [6, 6.07) is 0. The molecule has 0 amide bonds. The zero-order valence-electron chi connectivity index (χ0n) is 21.5. The highest BCUT2D eigenvalue weighted by atomic mass is 28.4. The van der Waals surface area contributed by atoms with Crippen molar-refractivity contribution in [2.24, 2.45) is 44.8 Å². The molecule has 4 aliphatic rings. The van der Waals surface area contributed by atoms with Gasteiger partial charge >= 0.3 is 0 Å². The maximum atomic E-state index is 6.64. The van der Waals surface area contributed by atoms with E-state index in [1.165, 1.54) is 37.0 Å². The van der Waals surface area contributed by atoms with Crippen LogP contribution in [0.25, 0.3) is 0 Å². The second kappa shape index (κ2) is 8.57. The van der Waals surface area contributed by atoms with Crippen LogP contribution < -0.4 is 0 Å². The Hall–Kier alpha value is -1.14. The van der Waals surface area contributed by atoms with Crippen molar-refractivity contribution in [3.05, 3.63) is 11.6 Å². The number of fused-ring (bicyclic) bond motifs is 5. The predicted molar refractivity (Wildman–Crippen MR) is 133 cm³/mol. The highest BCUT2D eigenvalue weighted by Crippen LogP contribution is 2.66. The summed E-state index contributed by atoms with van der Waals surface area (Å²) >= 11 is 0. The fraction of sp³-hybridized carbons (Fsp3) is 0.846. The van der Waals surface area contributed by atoms with Crippen molar-refractivity contribution in [1.82, 2.24) is 0 Å². The molecule has 0 aromatic rings. The molecule has 6 heteroatoms. The number of hydrogen-bond donors (Lipinski definition) is 0. The monoisotopic (exact) mass is 460 g/mol. The summed E-state index contributed by atoms with van der Waals surface area (Å²) in [5, 5.41) is 9.00. The van der Waals surface area contributed by atoms with Crippen LogP contribution in [0.3, 0.4) is 0 Å². The van der Waals surface area contributed by atoms with Gasteiger partial charge in [0.1, 0.15) is 14.2 Å². The van der Waals surface area contributed by atoms with Gasteiger partial charge in [-0.05, 0) is 106 Å². The summed E-state index contributed by atoms with van der Waals surface area (Å²) in [4.78, 5) is 10.6. The quantitative estimate of drug-likeness (QED) is 0.351. The number of nitrogens with zero attached hydrogens (tertiary/aromatic N) is 2. The molecule has 0 aromatic carbocycles. The lowest BCUT2D eigenvalue weighted by molar-refractivity contribution is -0.0146. The predicted octanol–water partition coefficient (Wildman–Crippen LogP) is 6.42. The Kier molecular flexibility index (Phi) is 6.43. The molecule has 0 aliphatic heterocycles. The lowest BCUT2D eigenvalue weighted by Gasteiger charge is -2.58. The first kappa shape index (κ1) is 24.0. The van der Waals surface area contributed by atoms with Crippen LogP contribution in [0.4, 0.5) is 0 Å². The third kappa shape index (κ3) is 4.00. The maximum absolute atomic E-state index is 6.64. The van der Waals surface area contributed by atoms with Gasteiger partial charge in [0.25, 0.3) is 0 Å². The first-order chi connectivity index (χ1) is 15.0. The molecule has 3 unspecified atom stereocenters. The van der Waals surface area contributed by atoms with Crippen LogP contribution in [0.1, 0.15) is 65.7 Å². The smallest absolute Gasteiger partial charge is 0.184 e. The Labute approximate surface area is 196 Å². The summed E-state index contributed by atoms with van der Waals surface area (Å²) in [6.07, 6.45) is 10.8. The first-order valence-electron chi connectivity index (χ1n) is 12.6. The van der Waals surface area contributed by atoms with E-state index in [4.69, 9.17) is 19.3 Å². The molecule has 32 heavy (non-hydrogen) atoms. The van der Waals surface area contributed by atoms with E-state index in [1.54, 1.807) is 14.2 Å². The molecule has 5 nitrogen and oxygen atoms in total. The molecule has 0 heterocycles. The van der Waals surface area contributed by atoms with Crippen LogP contribution in [0.15, 0.2) is 22.0 Å². The van der Waals surface area contributed by atoms with Crippen molar-refractivity contribution in [3.8, 4) is 0 Å². The molecule has 0 saturated heterocycles. The molecular weight excluding hydrogens is 416 g/mol. The van der Waals surface area contributed by atoms with Gasteiger partial charge in [0, 0.05) is 12.0 Å². The molecule has 4 aliphatic carbocycles. The molecule has 180 valence electrons. The molecule has 0 N–H and O–H groups in total. The maximum Gasteiger partial charge on any atom is 0.184 e. The Morgan fingerprint density at radius 1 is 1.03 bits per heavy atom. The van der Waals surface area contributed by atoms with Gasteiger partial charge in [0.2, 0.25) is 0 Å². The molecule has 0 bridgehead atoms. The van der Waals surface area contributed by atoms with Gasteiger partial charge in [-0.15, -0.1) is 0 Å². The lowest BCUT2D eigenvalue weighted by Crippen LogP contribution is -2.56. The van der Waals surface area contributed by atoms with E-state index in [0.717, 1.165) is 30.9 Å². The molecule has 7 atom stereocenters. The van der Waals surface area contributed by atoms with E-state index < -0.39 is 8.32 Å². The molecule has 3 fully saturated rings. The van der Waals surface area contributed by atoms with E-state index in [-0.39, 0.29) is 10.8 Å². The van der Waals surface area contributed by atoms with E-state index in [0.29, 0.717) is 23.9 Å². The average Bonchev–Trinajstić information content (AvgIpc) is 3.04. The van der Waals surface area contributed by atoms with Gasteiger partial charge in [-0.2, -0.15) is 0 Å². The fourth-order valence-corrected chi connectivity index (χ4v) is 9.55. The minimum absolute atomic E-state index is 0.146. The van der Waals surface area contributed by atoms with E-state index in [1.807, 2.05) is 0 Å². The van der Waals surface area contributed by atoms with Crippen LogP contribution in [0, 0.1) is 34.5 Å². The van der Waals surface area contributed by atoms with Crippen molar-refractivity contribution >= 4 is 19.7 Å². The summed E-state index contributed by atoms with van der Waals surface area (Å²) in [5.41, 5.74) is 4.31. The highest BCUT2D eigenvalue weighted by molar-refractivity contribution is 6.69. The van der Waals surface area contributed by atoms with Crippen molar-refractivity contribution in [1.29, 1.82) is 0 Å². The summed E-state index contributed by atoms with van der Waals surface area (Å²) < 4.78 is 6.64. The second-order valence-corrected chi connectivity index (χ2v) is 16.7. The number of oxime groups is 2. The number of hydrogen-bond acceptors (Lipinski definition) is 5. The van der Waals surface area contributed by atoms with E-state index in [9.17, 15) is 0 Å². The minimum atomic E-state index is -1.58. The molecular formula is C26H44N2O3Si. The Bertz CT molecular complexity index is 816. The molecule has 0 spiro atoms. The average molecular weight is 461 g/mol. The third-order valence-corrected chi connectivity index (χ3v) is 10.4. The van der Waals surface area contributed by atoms with Gasteiger partial charge in [0.15, 0.2) is 8.32 Å². The van der Waals surface area contributed by atoms with Gasteiger partial charge in [0.05, 0.1) is 11.4 Å². The lowest BCUT2D eigenvalue weighted by atomic mass is 9.46. The number of rotatable bonds is 5. The van der Waals surface area contributed by atoms with Crippen LogP contribution in [0.2, 0.25) is 19.6 Å². The van der Waals surface area contributed by atoms with Gasteiger partial charge in [-0.3, -0.25) is 0 Å². The van der Waals surface area contributed by atoms with Crippen molar-refractivity contribution in [3.63, 3.8) is 0 Å². The Morgan fingerprint density at radius 2 is 1.75 bits per heavy atom. The molecule has 3 saturated carbocycles. The van der Waals surface area contributed by atoms with E-state index in [2.05, 4.69) is 51.6 Å². The van der Waals surface area contributed by atoms with Crippen molar-refractivity contribution in [2.75, 3.05) is 14.2 Å². The standard InChI is InChI=1S/C26H44N2O3Si/c1-17(31-32(6,7)8)21-11-12-22-20-10-9-18-15-19(27-29-4)13-14-25(18,2)24(20)23(28-30-5)16-26(21,22)3/h15,17,20-22,24H,9-14,16H2,1-8H3/t17-,20?,21-,22?,24?,25+,26-/m1/s1. The van der Waals surface area contributed by atoms with Crippen LogP contribution >= 0.6 is 0 Å². The summed E-state index contributed by atoms with van der Waals surface area (Å²) in [5.74, 6) is 2.48. The Morgan fingerprint density at radius 3 is 2.41 bits per heavy atom. The Balaban J connectivity index is 1.69. The fourth-order valence-electron chi connectivity index (χ4n) is 8.27. The summed E-state index contributed by atoms with van der Waals surface area (Å²) in [6.45, 7) is 14.3. The van der Waals surface area contributed by atoms with Crippen LogP contribution in [0.5, 0.6) is 0 Å². The molecule has 0 aromatic heterocycles. The van der Waals surface area contributed by atoms with Gasteiger partial charge in [-0.1, -0.05) is 29.7 Å². The SMILES string of the molecule is CON=C1C=C2CCC3C(C(=NOC)C[C@@]4(C)C3CC[C@@H]4[C@@H](C)O[Si](C)(C)C)[C@@]2(C)CC1. The molecule has 0 radical (unpaired) electrons. The van der Waals surface area contributed by atoms with E-state index >= 15 is 0 Å². The minimum Gasteiger partial charge on any atom is -0.415 e. The zero-order chi connectivity index (χ0) is 23.3. The largest absolute Gasteiger partial charge is 0.415 e. The highest BCUT2D eigenvalue weighted by Gasteiger charge is 2.62. The van der Waals surface area contributed by atoms with Crippen LogP contribution in [-0.4, -0.2) is 40.1 Å².